The third-order valence-corrected chi connectivity index (χ3v) is 4.03. The molecule has 0 aromatic heterocycles. The summed E-state index contributed by atoms with van der Waals surface area (Å²) < 4.78 is 4.93. The molecule has 0 radical (unpaired) electrons. The van der Waals surface area contributed by atoms with Crippen molar-refractivity contribution in [1.29, 1.82) is 0 Å². The molecule has 128 valence electrons. The van der Waals surface area contributed by atoms with Crippen molar-refractivity contribution in [2.24, 2.45) is 0 Å². The van der Waals surface area contributed by atoms with Gasteiger partial charge in [0.25, 0.3) is 0 Å². The Balaban J connectivity index is 3.39. The van der Waals surface area contributed by atoms with Crippen LogP contribution >= 0.6 is 11.8 Å². The second-order valence-corrected chi connectivity index (χ2v) is 6.02. The van der Waals surface area contributed by atoms with Gasteiger partial charge in [-0.25, -0.2) is 0 Å². The minimum Gasteiger partial charge on any atom is -0.385 e. The Hall–Kier alpha value is -1.08. The SMILES string of the molecule is CNC(=O)CCNC(=O)CSCCCC(=O)CCCCOC. The Morgan fingerprint density at radius 1 is 1.00 bits per heavy atom. The normalized spacial score (nSPS) is 10.3. The van der Waals surface area contributed by atoms with E-state index in [9.17, 15) is 14.4 Å². The van der Waals surface area contributed by atoms with Gasteiger partial charge in [-0.2, -0.15) is 11.8 Å². The summed E-state index contributed by atoms with van der Waals surface area (Å²) in [4.78, 5) is 34.0. The van der Waals surface area contributed by atoms with Crippen molar-refractivity contribution in [2.75, 3.05) is 38.8 Å². The predicted octanol–water partition coefficient (Wildman–Crippen LogP) is 1.14. The standard InChI is InChI=1S/C15H28N2O4S/c1-16-14(19)8-9-17-15(20)12-22-11-5-7-13(18)6-3-4-10-21-2/h3-12H2,1-2H3,(H,16,19)(H,17,20). The zero-order valence-corrected chi connectivity index (χ0v) is 14.4. The van der Waals surface area contributed by atoms with Crippen molar-refractivity contribution < 1.29 is 19.1 Å². The summed E-state index contributed by atoms with van der Waals surface area (Å²) in [6.45, 7) is 1.07. The Kier molecular flexibility index (Phi) is 14.1. The number of ether oxygens (including phenoxy) is 1. The average molecular weight is 332 g/mol. The van der Waals surface area contributed by atoms with Crippen LogP contribution < -0.4 is 10.6 Å². The van der Waals surface area contributed by atoms with Crippen molar-refractivity contribution in [1.82, 2.24) is 10.6 Å². The number of ketones is 1. The summed E-state index contributed by atoms with van der Waals surface area (Å²) in [7, 11) is 3.23. The first kappa shape index (κ1) is 20.9. The van der Waals surface area contributed by atoms with Crippen molar-refractivity contribution in [2.45, 2.75) is 38.5 Å². The summed E-state index contributed by atoms with van der Waals surface area (Å²) in [5.74, 6) is 1.30. The van der Waals surface area contributed by atoms with Crippen LogP contribution in [0.2, 0.25) is 0 Å². The van der Waals surface area contributed by atoms with Gasteiger partial charge in [-0.15, -0.1) is 0 Å². The highest BCUT2D eigenvalue weighted by molar-refractivity contribution is 7.99. The van der Waals surface area contributed by atoms with Gasteiger partial charge in [0.2, 0.25) is 11.8 Å². The molecule has 22 heavy (non-hydrogen) atoms. The lowest BCUT2D eigenvalue weighted by Crippen LogP contribution is -2.30. The van der Waals surface area contributed by atoms with E-state index in [1.165, 1.54) is 11.8 Å². The molecule has 0 spiro atoms. The van der Waals surface area contributed by atoms with E-state index in [1.54, 1.807) is 14.2 Å². The molecule has 2 amide bonds. The van der Waals surface area contributed by atoms with Crippen LogP contribution in [-0.2, 0) is 19.1 Å². The molecule has 0 aromatic rings. The number of rotatable bonds is 14. The fourth-order valence-electron chi connectivity index (χ4n) is 1.72. The molecule has 0 saturated carbocycles. The molecule has 0 unspecified atom stereocenters. The second-order valence-electron chi connectivity index (χ2n) is 4.92. The molecule has 0 saturated heterocycles. The van der Waals surface area contributed by atoms with Gasteiger partial charge in [0.1, 0.15) is 5.78 Å². The van der Waals surface area contributed by atoms with E-state index in [2.05, 4.69) is 10.6 Å². The number of nitrogens with one attached hydrogen (secondary N) is 2. The highest BCUT2D eigenvalue weighted by atomic mass is 32.2. The van der Waals surface area contributed by atoms with Crippen LogP contribution in [0.3, 0.4) is 0 Å². The maximum atomic E-state index is 11.6. The maximum absolute atomic E-state index is 11.6. The number of Topliss-reactive ketones (excluding diaryl/α,β-unsaturated/α-hetero) is 1. The van der Waals surface area contributed by atoms with Crippen LogP contribution in [0, 0.1) is 0 Å². The van der Waals surface area contributed by atoms with Gasteiger partial charge < -0.3 is 15.4 Å². The van der Waals surface area contributed by atoms with Crippen LogP contribution in [0.4, 0.5) is 0 Å². The predicted molar refractivity (Wildman–Crippen MR) is 89.0 cm³/mol. The Bertz CT molecular complexity index is 338. The van der Waals surface area contributed by atoms with Crippen LogP contribution in [0.25, 0.3) is 0 Å². The van der Waals surface area contributed by atoms with E-state index >= 15 is 0 Å². The van der Waals surface area contributed by atoms with Crippen molar-refractivity contribution in [3.8, 4) is 0 Å². The molecule has 6 nitrogen and oxygen atoms in total. The number of thioether (sulfide) groups is 1. The third-order valence-electron chi connectivity index (χ3n) is 2.98. The summed E-state index contributed by atoms with van der Waals surface area (Å²) in [5, 5.41) is 5.18. The lowest BCUT2D eigenvalue weighted by atomic mass is 10.1. The van der Waals surface area contributed by atoms with Crippen molar-refractivity contribution >= 4 is 29.4 Å². The Labute approximate surface area is 137 Å². The number of amides is 2. The van der Waals surface area contributed by atoms with Gasteiger partial charge in [-0.3, -0.25) is 14.4 Å². The van der Waals surface area contributed by atoms with Gasteiger partial charge in [0.15, 0.2) is 0 Å². The molecule has 7 heteroatoms. The molecule has 0 bridgehead atoms. The molecule has 0 heterocycles. The van der Waals surface area contributed by atoms with Crippen molar-refractivity contribution in [3.63, 3.8) is 0 Å². The molecule has 0 fully saturated rings. The van der Waals surface area contributed by atoms with E-state index in [-0.39, 0.29) is 17.6 Å². The average Bonchev–Trinajstić information content (AvgIpc) is 2.51. The molecule has 0 aromatic carbocycles. The van der Waals surface area contributed by atoms with Crippen LogP contribution in [-0.4, -0.2) is 56.4 Å². The van der Waals surface area contributed by atoms with Gasteiger partial charge in [0.05, 0.1) is 5.75 Å². The minimum absolute atomic E-state index is 0.0696. The summed E-state index contributed by atoms with van der Waals surface area (Å²) in [6, 6.07) is 0. The number of methoxy groups -OCH3 is 1. The lowest BCUT2D eigenvalue weighted by Gasteiger charge is -2.05. The van der Waals surface area contributed by atoms with Crippen LogP contribution in [0.1, 0.15) is 38.5 Å². The van der Waals surface area contributed by atoms with E-state index in [1.807, 2.05) is 0 Å². The summed E-state index contributed by atoms with van der Waals surface area (Å²) in [5.41, 5.74) is 0. The first-order chi connectivity index (χ1) is 10.6. The molecule has 0 aliphatic heterocycles. The molecule has 0 aliphatic carbocycles. The third kappa shape index (κ3) is 13.9. The summed E-state index contributed by atoms with van der Waals surface area (Å²) >= 11 is 1.52. The summed E-state index contributed by atoms with van der Waals surface area (Å²) in [6.07, 6.45) is 4.11. The van der Waals surface area contributed by atoms with E-state index < -0.39 is 0 Å². The number of carbonyl (C=O) groups excluding carboxylic acids is 3. The largest absolute Gasteiger partial charge is 0.385 e. The van der Waals surface area contributed by atoms with E-state index in [0.29, 0.717) is 38.2 Å². The minimum atomic E-state index is -0.0861. The molecule has 2 N–H and O–H groups in total. The van der Waals surface area contributed by atoms with Gasteiger partial charge in [0, 0.05) is 46.6 Å². The van der Waals surface area contributed by atoms with Crippen molar-refractivity contribution in [3.05, 3.63) is 0 Å². The first-order valence-corrected chi connectivity index (χ1v) is 8.81. The molecule has 0 aliphatic rings. The van der Waals surface area contributed by atoms with E-state index in [0.717, 1.165) is 25.0 Å². The molecular weight excluding hydrogens is 304 g/mol. The molecule has 0 atom stereocenters. The second kappa shape index (κ2) is 14.8. The number of unbranched alkanes of at least 4 members (excludes halogenated alkanes) is 1. The fourth-order valence-corrected chi connectivity index (χ4v) is 2.50. The number of hydrogen-bond acceptors (Lipinski definition) is 5. The monoisotopic (exact) mass is 332 g/mol. The van der Waals surface area contributed by atoms with Gasteiger partial charge in [-0.1, -0.05) is 0 Å². The number of hydrogen-bond donors (Lipinski definition) is 2. The smallest absolute Gasteiger partial charge is 0.230 e. The van der Waals surface area contributed by atoms with Gasteiger partial charge in [-0.05, 0) is 25.0 Å². The topological polar surface area (TPSA) is 84.5 Å². The first-order valence-electron chi connectivity index (χ1n) is 7.65. The van der Waals surface area contributed by atoms with E-state index in [4.69, 9.17) is 4.74 Å². The lowest BCUT2D eigenvalue weighted by molar-refractivity contribution is -0.121. The Morgan fingerprint density at radius 3 is 2.41 bits per heavy atom. The zero-order valence-electron chi connectivity index (χ0n) is 13.6. The molecular formula is C15H28N2O4S. The molecule has 0 rings (SSSR count). The maximum Gasteiger partial charge on any atom is 0.230 e. The zero-order chi connectivity index (χ0) is 16.6. The number of carbonyl (C=O) groups is 3. The quantitative estimate of drug-likeness (QED) is 0.466. The van der Waals surface area contributed by atoms with Crippen LogP contribution in [0.5, 0.6) is 0 Å². The fraction of sp³-hybridized carbons (Fsp3) is 0.800. The Morgan fingerprint density at radius 2 is 1.73 bits per heavy atom. The highest BCUT2D eigenvalue weighted by Gasteiger charge is 2.05. The van der Waals surface area contributed by atoms with Gasteiger partial charge >= 0.3 is 0 Å². The highest BCUT2D eigenvalue weighted by Crippen LogP contribution is 2.07. The van der Waals surface area contributed by atoms with Crippen LogP contribution in [0.15, 0.2) is 0 Å².